The zero-order valence-corrected chi connectivity index (χ0v) is 9.96. The Kier molecular flexibility index (Phi) is 3.68. The molecule has 2 heterocycles. The van der Waals surface area contributed by atoms with Gasteiger partial charge in [0, 0.05) is 12.7 Å². The van der Waals surface area contributed by atoms with Gasteiger partial charge in [0.25, 0.3) is 0 Å². The second-order valence-electron chi connectivity index (χ2n) is 4.65. The minimum absolute atomic E-state index is 0.214. The molecule has 5 heteroatoms. The molecule has 2 rings (SSSR count). The summed E-state index contributed by atoms with van der Waals surface area (Å²) in [6.07, 6.45) is 5.13. The zero-order valence-electron chi connectivity index (χ0n) is 9.96. The van der Waals surface area contributed by atoms with Crippen LogP contribution in [0.25, 0.3) is 0 Å². The molecule has 1 fully saturated rings. The number of rotatable bonds is 3. The highest BCUT2D eigenvalue weighted by Crippen LogP contribution is 2.18. The molecule has 0 atom stereocenters. The van der Waals surface area contributed by atoms with Crippen LogP contribution in [0, 0.1) is 5.92 Å². The molecule has 0 bridgehead atoms. The van der Waals surface area contributed by atoms with Crippen LogP contribution in [0.2, 0.25) is 0 Å². The number of hydrogen-bond acceptors (Lipinski definition) is 4. The van der Waals surface area contributed by atoms with Crippen LogP contribution < -0.4 is 0 Å². The molecule has 1 aliphatic heterocycles. The Morgan fingerprint density at radius 2 is 2.24 bits per heavy atom. The molecule has 0 amide bonds. The van der Waals surface area contributed by atoms with Crippen molar-refractivity contribution >= 4 is 5.97 Å². The molecule has 0 spiro atoms. The van der Waals surface area contributed by atoms with E-state index in [1.165, 1.54) is 25.4 Å². The lowest BCUT2D eigenvalue weighted by Gasteiger charge is -2.29. The minimum atomic E-state index is -0.953. The van der Waals surface area contributed by atoms with E-state index in [0.29, 0.717) is 12.2 Å². The van der Waals surface area contributed by atoms with Gasteiger partial charge < -0.3 is 5.11 Å². The molecule has 1 aromatic rings. The lowest BCUT2D eigenvalue weighted by atomic mass is 9.99. The Labute approximate surface area is 100 Å². The average molecular weight is 235 g/mol. The monoisotopic (exact) mass is 235 g/mol. The third kappa shape index (κ3) is 3.00. The van der Waals surface area contributed by atoms with E-state index in [9.17, 15) is 4.79 Å². The Morgan fingerprint density at radius 3 is 2.88 bits per heavy atom. The highest BCUT2D eigenvalue weighted by atomic mass is 16.4. The molecule has 0 unspecified atom stereocenters. The highest BCUT2D eigenvalue weighted by Gasteiger charge is 2.19. The Bertz CT molecular complexity index is 400. The molecule has 17 heavy (non-hydrogen) atoms. The third-order valence-electron chi connectivity index (χ3n) is 3.27. The summed E-state index contributed by atoms with van der Waals surface area (Å²) in [5.41, 5.74) is 0.827. The van der Waals surface area contributed by atoms with Crippen LogP contribution >= 0.6 is 0 Å². The van der Waals surface area contributed by atoms with Crippen LogP contribution in [0.1, 0.15) is 35.8 Å². The van der Waals surface area contributed by atoms with Gasteiger partial charge in [-0.1, -0.05) is 6.92 Å². The number of carbonyl (C=O) groups is 1. The summed E-state index contributed by atoms with van der Waals surface area (Å²) in [6, 6.07) is 0. The van der Waals surface area contributed by atoms with Gasteiger partial charge in [0.15, 0.2) is 0 Å². The fourth-order valence-corrected chi connectivity index (χ4v) is 2.09. The predicted octanol–water partition coefficient (Wildman–Crippen LogP) is 1.41. The Morgan fingerprint density at radius 1 is 1.53 bits per heavy atom. The van der Waals surface area contributed by atoms with Crippen LogP contribution in [0.15, 0.2) is 12.5 Å². The van der Waals surface area contributed by atoms with Crippen molar-refractivity contribution in [3.05, 3.63) is 23.8 Å². The molecule has 92 valence electrons. The summed E-state index contributed by atoms with van der Waals surface area (Å²) in [6.45, 7) is 4.90. The first-order valence-electron chi connectivity index (χ1n) is 5.91. The fraction of sp³-hybridized carbons (Fsp3) is 0.583. The summed E-state index contributed by atoms with van der Waals surface area (Å²) < 4.78 is 0. The summed E-state index contributed by atoms with van der Waals surface area (Å²) in [5.74, 6) is -0.179. The number of aromatic nitrogens is 2. The van der Waals surface area contributed by atoms with Crippen molar-refractivity contribution in [2.75, 3.05) is 13.1 Å². The topological polar surface area (TPSA) is 66.3 Å². The number of piperidine rings is 1. The molecular formula is C12H17N3O2. The molecule has 1 N–H and O–H groups in total. The SMILES string of the molecule is CC1CCN(Cc2ncncc2C(=O)O)CC1. The van der Waals surface area contributed by atoms with E-state index < -0.39 is 5.97 Å². The second-order valence-corrected chi connectivity index (χ2v) is 4.65. The quantitative estimate of drug-likeness (QED) is 0.858. The van der Waals surface area contributed by atoms with E-state index in [1.54, 1.807) is 0 Å². The molecule has 1 aromatic heterocycles. The van der Waals surface area contributed by atoms with Gasteiger partial charge in [-0.15, -0.1) is 0 Å². The van der Waals surface area contributed by atoms with Gasteiger partial charge in [0.2, 0.25) is 0 Å². The van der Waals surface area contributed by atoms with Crippen molar-refractivity contribution in [3.63, 3.8) is 0 Å². The lowest BCUT2D eigenvalue weighted by Crippen LogP contribution is -2.33. The third-order valence-corrected chi connectivity index (χ3v) is 3.27. The van der Waals surface area contributed by atoms with E-state index in [0.717, 1.165) is 19.0 Å². The fourth-order valence-electron chi connectivity index (χ4n) is 2.09. The molecule has 0 aromatic carbocycles. The van der Waals surface area contributed by atoms with E-state index in [4.69, 9.17) is 5.11 Å². The van der Waals surface area contributed by atoms with Gasteiger partial charge in [0.05, 0.1) is 5.69 Å². The van der Waals surface area contributed by atoms with Gasteiger partial charge in [-0.3, -0.25) is 4.90 Å². The maximum absolute atomic E-state index is 11.0. The van der Waals surface area contributed by atoms with E-state index in [-0.39, 0.29) is 5.56 Å². The smallest absolute Gasteiger partial charge is 0.339 e. The average Bonchev–Trinajstić information content (AvgIpc) is 2.32. The van der Waals surface area contributed by atoms with Crippen LogP contribution in [-0.4, -0.2) is 39.0 Å². The van der Waals surface area contributed by atoms with Gasteiger partial charge in [-0.05, 0) is 31.8 Å². The first-order valence-corrected chi connectivity index (χ1v) is 5.91. The lowest BCUT2D eigenvalue weighted by molar-refractivity contribution is 0.0692. The van der Waals surface area contributed by atoms with Crippen LogP contribution in [0.5, 0.6) is 0 Å². The van der Waals surface area contributed by atoms with Crippen molar-refractivity contribution in [2.45, 2.75) is 26.3 Å². The van der Waals surface area contributed by atoms with Crippen LogP contribution in [-0.2, 0) is 6.54 Å². The van der Waals surface area contributed by atoms with Gasteiger partial charge in [-0.25, -0.2) is 14.8 Å². The number of nitrogens with zero attached hydrogens (tertiary/aromatic N) is 3. The normalized spacial score (nSPS) is 18.2. The first-order chi connectivity index (χ1) is 8.16. The molecule has 1 saturated heterocycles. The second kappa shape index (κ2) is 5.23. The molecule has 5 nitrogen and oxygen atoms in total. The minimum Gasteiger partial charge on any atom is -0.478 e. The molecule has 0 aliphatic carbocycles. The molecule has 0 radical (unpaired) electrons. The van der Waals surface area contributed by atoms with E-state index >= 15 is 0 Å². The zero-order chi connectivity index (χ0) is 12.3. The standard InChI is InChI=1S/C12H17N3O2/c1-9-2-4-15(5-3-9)7-11-10(12(16)17)6-13-8-14-11/h6,8-9H,2-5,7H2,1H3,(H,16,17). The van der Waals surface area contributed by atoms with Crippen molar-refractivity contribution in [1.82, 2.24) is 14.9 Å². The summed E-state index contributed by atoms with van der Waals surface area (Å²) in [7, 11) is 0. The van der Waals surface area contributed by atoms with E-state index in [2.05, 4.69) is 21.8 Å². The van der Waals surface area contributed by atoms with Crippen molar-refractivity contribution in [1.29, 1.82) is 0 Å². The van der Waals surface area contributed by atoms with Gasteiger partial charge >= 0.3 is 5.97 Å². The Balaban J connectivity index is 2.05. The summed E-state index contributed by atoms with van der Waals surface area (Å²) in [4.78, 5) is 21.1. The van der Waals surface area contributed by atoms with Crippen molar-refractivity contribution in [3.8, 4) is 0 Å². The summed E-state index contributed by atoms with van der Waals surface area (Å²) >= 11 is 0. The molecule has 0 saturated carbocycles. The first kappa shape index (κ1) is 12.0. The number of aromatic carboxylic acids is 1. The van der Waals surface area contributed by atoms with Crippen LogP contribution in [0.4, 0.5) is 0 Å². The van der Waals surface area contributed by atoms with Gasteiger partial charge in [-0.2, -0.15) is 0 Å². The highest BCUT2D eigenvalue weighted by molar-refractivity contribution is 5.88. The largest absolute Gasteiger partial charge is 0.478 e. The summed E-state index contributed by atoms with van der Waals surface area (Å²) in [5, 5.41) is 9.04. The van der Waals surface area contributed by atoms with E-state index in [1.807, 2.05) is 0 Å². The number of carboxylic acids is 1. The Hall–Kier alpha value is -1.49. The number of carboxylic acid groups (broad SMARTS) is 1. The maximum Gasteiger partial charge on any atom is 0.339 e. The number of likely N-dealkylation sites (tertiary alicyclic amines) is 1. The van der Waals surface area contributed by atoms with Gasteiger partial charge in [0.1, 0.15) is 11.9 Å². The van der Waals surface area contributed by atoms with Crippen molar-refractivity contribution < 1.29 is 9.90 Å². The predicted molar refractivity (Wildman–Crippen MR) is 62.7 cm³/mol. The van der Waals surface area contributed by atoms with Crippen LogP contribution in [0.3, 0.4) is 0 Å². The van der Waals surface area contributed by atoms with Crippen molar-refractivity contribution in [2.24, 2.45) is 5.92 Å². The molecule has 1 aliphatic rings. The molecular weight excluding hydrogens is 218 g/mol. The maximum atomic E-state index is 11.0. The number of hydrogen-bond donors (Lipinski definition) is 1.